The lowest BCUT2D eigenvalue weighted by Crippen LogP contribution is -2.31. The molecule has 18 heavy (non-hydrogen) atoms. The summed E-state index contributed by atoms with van der Waals surface area (Å²) < 4.78 is 26.6. The predicted octanol–water partition coefficient (Wildman–Crippen LogP) is 1.50. The second kappa shape index (κ2) is 6.43. The largest absolute Gasteiger partial charge is 0.292 e. The Morgan fingerprint density at radius 3 is 2.11 bits per heavy atom. The van der Waals surface area contributed by atoms with Gasteiger partial charge in [-0.3, -0.25) is 9.69 Å². The first-order chi connectivity index (χ1) is 8.60. The SMILES string of the molecule is N#CCN(CC#N)CC(=O)c1c(F)cccc1F. The molecular weight excluding hydrogens is 240 g/mol. The fourth-order valence-electron chi connectivity index (χ4n) is 1.41. The molecule has 1 aromatic rings. The number of ketones is 1. The fourth-order valence-corrected chi connectivity index (χ4v) is 1.41. The van der Waals surface area contributed by atoms with E-state index in [1.807, 2.05) is 0 Å². The molecule has 4 nitrogen and oxygen atoms in total. The van der Waals surface area contributed by atoms with E-state index in [9.17, 15) is 13.6 Å². The zero-order valence-corrected chi connectivity index (χ0v) is 9.36. The van der Waals surface area contributed by atoms with Crippen molar-refractivity contribution in [2.45, 2.75) is 0 Å². The van der Waals surface area contributed by atoms with E-state index in [1.165, 1.54) is 4.90 Å². The van der Waals surface area contributed by atoms with Crippen molar-refractivity contribution < 1.29 is 13.6 Å². The quantitative estimate of drug-likeness (QED) is 0.585. The summed E-state index contributed by atoms with van der Waals surface area (Å²) >= 11 is 0. The second-order valence-corrected chi connectivity index (χ2v) is 3.48. The highest BCUT2D eigenvalue weighted by atomic mass is 19.1. The van der Waals surface area contributed by atoms with Gasteiger partial charge < -0.3 is 0 Å². The normalized spacial score (nSPS) is 9.83. The smallest absolute Gasteiger partial charge is 0.182 e. The van der Waals surface area contributed by atoms with Crippen LogP contribution in [0.25, 0.3) is 0 Å². The van der Waals surface area contributed by atoms with Gasteiger partial charge in [0.25, 0.3) is 0 Å². The van der Waals surface area contributed by atoms with Gasteiger partial charge in [0.2, 0.25) is 0 Å². The van der Waals surface area contributed by atoms with Crippen LogP contribution in [-0.2, 0) is 0 Å². The topological polar surface area (TPSA) is 67.9 Å². The van der Waals surface area contributed by atoms with E-state index in [-0.39, 0.29) is 19.6 Å². The van der Waals surface area contributed by atoms with E-state index in [0.717, 1.165) is 18.2 Å². The standard InChI is InChI=1S/C12H9F2N3O/c13-9-2-1-3-10(14)12(9)11(18)8-17(6-4-15)7-5-16/h1-3H,6-8H2. The van der Waals surface area contributed by atoms with Gasteiger partial charge in [-0.05, 0) is 12.1 Å². The first kappa shape index (κ1) is 13.8. The Hall–Kier alpha value is -2.31. The van der Waals surface area contributed by atoms with Gasteiger partial charge in [0.15, 0.2) is 5.78 Å². The number of nitrogens with zero attached hydrogens (tertiary/aromatic N) is 3. The van der Waals surface area contributed by atoms with Crippen LogP contribution in [0.3, 0.4) is 0 Å². The summed E-state index contributed by atoms with van der Waals surface area (Å²) in [6.07, 6.45) is 0. The highest BCUT2D eigenvalue weighted by Crippen LogP contribution is 2.13. The Morgan fingerprint density at radius 1 is 1.17 bits per heavy atom. The third kappa shape index (κ3) is 3.34. The minimum atomic E-state index is -0.950. The van der Waals surface area contributed by atoms with Crippen molar-refractivity contribution in [1.82, 2.24) is 4.90 Å². The average Bonchev–Trinajstić information content (AvgIpc) is 2.29. The zero-order chi connectivity index (χ0) is 13.5. The van der Waals surface area contributed by atoms with Gasteiger partial charge in [-0.25, -0.2) is 8.78 Å². The van der Waals surface area contributed by atoms with Crippen LogP contribution in [0, 0.1) is 34.3 Å². The molecule has 1 rings (SSSR count). The Kier molecular flexibility index (Phi) is 4.91. The molecule has 0 aromatic heterocycles. The minimum absolute atomic E-state index is 0.157. The molecule has 0 saturated heterocycles. The van der Waals surface area contributed by atoms with E-state index in [1.54, 1.807) is 12.1 Å². The van der Waals surface area contributed by atoms with Crippen molar-refractivity contribution >= 4 is 5.78 Å². The molecule has 0 bridgehead atoms. The zero-order valence-electron chi connectivity index (χ0n) is 9.36. The number of hydrogen-bond acceptors (Lipinski definition) is 4. The van der Waals surface area contributed by atoms with Gasteiger partial charge in [-0.1, -0.05) is 6.07 Å². The molecule has 0 radical (unpaired) electrons. The number of halogens is 2. The van der Waals surface area contributed by atoms with Crippen molar-refractivity contribution in [1.29, 1.82) is 10.5 Å². The minimum Gasteiger partial charge on any atom is -0.292 e. The molecular formula is C12H9F2N3O. The summed E-state index contributed by atoms with van der Waals surface area (Å²) in [7, 11) is 0. The Balaban J connectivity index is 2.88. The number of hydrogen-bond donors (Lipinski definition) is 0. The lowest BCUT2D eigenvalue weighted by Gasteiger charge is -2.14. The summed E-state index contributed by atoms with van der Waals surface area (Å²) in [5.41, 5.74) is -0.640. The summed E-state index contributed by atoms with van der Waals surface area (Å²) in [4.78, 5) is 12.9. The molecule has 0 heterocycles. The molecule has 0 atom stereocenters. The van der Waals surface area contributed by atoms with Crippen LogP contribution < -0.4 is 0 Å². The number of rotatable bonds is 5. The van der Waals surface area contributed by atoms with E-state index >= 15 is 0 Å². The van der Waals surface area contributed by atoms with Crippen molar-refractivity contribution in [3.8, 4) is 12.1 Å². The summed E-state index contributed by atoms with van der Waals surface area (Å²) in [5, 5.41) is 17.0. The highest BCUT2D eigenvalue weighted by molar-refractivity contribution is 5.98. The van der Waals surface area contributed by atoms with Gasteiger partial charge in [-0.2, -0.15) is 10.5 Å². The number of Topliss-reactive ketones (excluding diaryl/α,β-unsaturated/α-hetero) is 1. The van der Waals surface area contributed by atoms with E-state index < -0.39 is 23.0 Å². The lowest BCUT2D eigenvalue weighted by molar-refractivity contribution is 0.0938. The molecule has 0 saturated carbocycles. The van der Waals surface area contributed by atoms with Crippen molar-refractivity contribution in [2.75, 3.05) is 19.6 Å². The summed E-state index contributed by atoms with van der Waals surface area (Å²) in [6.45, 7) is -0.691. The van der Waals surface area contributed by atoms with Gasteiger partial charge in [0.05, 0.1) is 37.3 Å². The van der Waals surface area contributed by atoms with Crippen LogP contribution >= 0.6 is 0 Å². The van der Waals surface area contributed by atoms with E-state index in [2.05, 4.69) is 0 Å². The number of carbonyl (C=O) groups is 1. The lowest BCUT2D eigenvalue weighted by atomic mass is 10.1. The fraction of sp³-hybridized carbons (Fsp3) is 0.250. The number of carbonyl (C=O) groups excluding carboxylic acids is 1. The maximum atomic E-state index is 13.3. The highest BCUT2D eigenvalue weighted by Gasteiger charge is 2.19. The third-order valence-electron chi connectivity index (χ3n) is 2.20. The molecule has 92 valence electrons. The van der Waals surface area contributed by atoms with E-state index in [4.69, 9.17) is 10.5 Å². The molecule has 0 unspecified atom stereocenters. The van der Waals surface area contributed by atoms with Crippen LogP contribution in [0.1, 0.15) is 10.4 Å². The summed E-state index contributed by atoms with van der Waals surface area (Å²) in [5.74, 6) is -2.70. The van der Waals surface area contributed by atoms with Gasteiger partial charge in [-0.15, -0.1) is 0 Å². The first-order valence-corrected chi connectivity index (χ1v) is 5.03. The summed E-state index contributed by atoms with van der Waals surface area (Å²) in [6, 6.07) is 6.67. The monoisotopic (exact) mass is 249 g/mol. The van der Waals surface area contributed by atoms with Gasteiger partial charge >= 0.3 is 0 Å². The Bertz CT molecular complexity index is 495. The van der Waals surface area contributed by atoms with Crippen LogP contribution in [0.15, 0.2) is 18.2 Å². The van der Waals surface area contributed by atoms with Crippen molar-refractivity contribution in [3.63, 3.8) is 0 Å². The Morgan fingerprint density at radius 2 is 1.67 bits per heavy atom. The van der Waals surface area contributed by atoms with Crippen LogP contribution in [-0.4, -0.2) is 30.3 Å². The predicted molar refractivity (Wildman–Crippen MR) is 58.4 cm³/mol. The van der Waals surface area contributed by atoms with Crippen molar-refractivity contribution in [2.24, 2.45) is 0 Å². The molecule has 0 amide bonds. The Labute approximate surface area is 103 Å². The number of benzene rings is 1. The van der Waals surface area contributed by atoms with Crippen LogP contribution in [0.2, 0.25) is 0 Å². The molecule has 0 spiro atoms. The molecule has 0 aliphatic carbocycles. The second-order valence-electron chi connectivity index (χ2n) is 3.48. The molecule has 6 heteroatoms. The maximum absolute atomic E-state index is 13.3. The van der Waals surface area contributed by atoms with Crippen molar-refractivity contribution in [3.05, 3.63) is 35.4 Å². The molecule has 0 aliphatic heterocycles. The van der Waals surface area contributed by atoms with Gasteiger partial charge in [0.1, 0.15) is 11.6 Å². The molecule has 0 fully saturated rings. The molecule has 1 aromatic carbocycles. The molecule has 0 N–H and O–H groups in total. The van der Waals surface area contributed by atoms with Gasteiger partial charge in [0, 0.05) is 0 Å². The van der Waals surface area contributed by atoms with E-state index in [0.29, 0.717) is 0 Å². The van der Waals surface area contributed by atoms with Crippen LogP contribution in [0.4, 0.5) is 8.78 Å². The van der Waals surface area contributed by atoms with Crippen LogP contribution in [0.5, 0.6) is 0 Å². The average molecular weight is 249 g/mol. The first-order valence-electron chi connectivity index (χ1n) is 5.03. The maximum Gasteiger partial charge on any atom is 0.182 e. The molecule has 0 aliphatic rings. The number of nitriles is 2. The third-order valence-corrected chi connectivity index (χ3v) is 2.20.